The van der Waals surface area contributed by atoms with Crippen molar-refractivity contribution in [3.05, 3.63) is 71.8 Å². The first kappa shape index (κ1) is 16.2. The van der Waals surface area contributed by atoms with E-state index in [2.05, 4.69) is 6.07 Å². The topological polar surface area (TPSA) is 67.2 Å². The van der Waals surface area contributed by atoms with E-state index in [4.69, 9.17) is 4.18 Å². The van der Waals surface area contributed by atoms with Gasteiger partial charge in [-0.1, -0.05) is 60.7 Å². The third-order valence-corrected chi connectivity index (χ3v) is 3.95. The zero-order chi connectivity index (χ0) is 16.0. The van der Waals surface area contributed by atoms with Crippen LogP contribution in [0.15, 0.2) is 60.7 Å². The minimum Gasteiger partial charge on any atom is -0.270 e. The van der Waals surface area contributed by atoms with Crippen molar-refractivity contribution in [3.8, 4) is 6.07 Å². The summed E-state index contributed by atoms with van der Waals surface area (Å²) < 4.78 is 27.6. The smallest absolute Gasteiger partial charge is 0.264 e. The first-order valence-corrected chi connectivity index (χ1v) is 8.67. The van der Waals surface area contributed by atoms with E-state index in [1.165, 1.54) is 0 Å². The summed E-state index contributed by atoms with van der Waals surface area (Å²) in [5, 5.41) is 9.59. The van der Waals surface area contributed by atoms with Crippen LogP contribution in [-0.4, -0.2) is 21.3 Å². The Balaban J connectivity index is 2.36. The van der Waals surface area contributed by atoms with Crippen LogP contribution in [0.2, 0.25) is 0 Å². The molecule has 0 aliphatic heterocycles. The lowest BCUT2D eigenvalue weighted by Crippen LogP contribution is -2.18. The minimum atomic E-state index is -3.56. The van der Waals surface area contributed by atoms with Crippen LogP contribution >= 0.6 is 0 Å². The second-order valence-electron chi connectivity index (χ2n) is 5.02. The Labute approximate surface area is 131 Å². The quantitative estimate of drug-likeness (QED) is 0.768. The Kier molecular flexibility index (Phi) is 5.31. The van der Waals surface area contributed by atoms with Crippen molar-refractivity contribution >= 4 is 10.1 Å². The van der Waals surface area contributed by atoms with Crippen LogP contribution in [-0.2, 0) is 14.3 Å². The lowest BCUT2D eigenvalue weighted by Gasteiger charge is -2.22. The van der Waals surface area contributed by atoms with Crippen LogP contribution in [0.25, 0.3) is 0 Å². The van der Waals surface area contributed by atoms with Gasteiger partial charge in [-0.3, -0.25) is 4.18 Å². The number of rotatable bonds is 6. The predicted octanol–water partition coefficient (Wildman–Crippen LogP) is 3.05. The van der Waals surface area contributed by atoms with Gasteiger partial charge in [0.15, 0.2) is 0 Å². The molecule has 0 saturated heterocycles. The summed E-state index contributed by atoms with van der Waals surface area (Å²) in [7, 11) is -3.56. The zero-order valence-electron chi connectivity index (χ0n) is 12.2. The van der Waals surface area contributed by atoms with E-state index in [0.29, 0.717) is 0 Å². The molecule has 0 aliphatic carbocycles. The summed E-state index contributed by atoms with van der Waals surface area (Å²) in [4.78, 5) is 0. The minimum absolute atomic E-state index is 0.0596. The Hall–Kier alpha value is -2.16. The summed E-state index contributed by atoms with van der Waals surface area (Å²) in [6.07, 6.45) is 1.01. The number of hydrogen-bond donors (Lipinski definition) is 0. The number of benzene rings is 2. The molecule has 0 spiro atoms. The van der Waals surface area contributed by atoms with E-state index in [-0.39, 0.29) is 12.5 Å². The first-order chi connectivity index (χ1) is 10.5. The van der Waals surface area contributed by atoms with Crippen molar-refractivity contribution in [2.24, 2.45) is 0 Å². The summed E-state index contributed by atoms with van der Waals surface area (Å²) in [5.74, 6) is -0.839. The van der Waals surface area contributed by atoms with Crippen molar-refractivity contribution in [2.75, 3.05) is 12.9 Å². The van der Waals surface area contributed by atoms with Gasteiger partial charge in [0.2, 0.25) is 0 Å². The van der Waals surface area contributed by atoms with Gasteiger partial charge in [0, 0.05) is 5.92 Å². The fourth-order valence-electron chi connectivity index (χ4n) is 2.34. The number of hydrogen-bond acceptors (Lipinski definition) is 4. The third-order valence-electron chi connectivity index (χ3n) is 3.39. The summed E-state index contributed by atoms with van der Waals surface area (Å²) >= 11 is 0. The first-order valence-electron chi connectivity index (χ1n) is 6.85. The van der Waals surface area contributed by atoms with Crippen molar-refractivity contribution < 1.29 is 12.6 Å². The van der Waals surface area contributed by atoms with Gasteiger partial charge in [0.1, 0.15) is 0 Å². The zero-order valence-corrected chi connectivity index (χ0v) is 13.0. The Bertz CT molecular complexity index is 736. The van der Waals surface area contributed by atoms with Crippen LogP contribution in [0.5, 0.6) is 0 Å². The Morgan fingerprint density at radius 2 is 1.50 bits per heavy atom. The lowest BCUT2D eigenvalue weighted by molar-refractivity contribution is 0.286. The maximum atomic E-state index is 11.3. The van der Waals surface area contributed by atoms with E-state index in [9.17, 15) is 13.7 Å². The highest BCUT2D eigenvalue weighted by atomic mass is 32.2. The van der Waals surface area contributed by atoms with E-state index < -0.39 is 16.0 Å². The molecule has 22 heavy (non-hydrogen) atoms. The Morgan fingerprint density at radius 3 is 1.95 bits per heavy atom. The molecule has 2 atom stereocenters. The summed E-state index contributed by atoms with van der Waals surface area (Å²) in [6, 6.07) is 21.0. The Morgan fingerprint density at radius 1 is 1.00 bits per heavy atom. The number of nitrogens with zero attached hydrogens (tertiary/aromatic N) is 1. The largest absolute Gasteiger partial charge is 0.270 e. The molecule has 5 heteroatoms. The van der Waals surface area contributed by atoms with Crippen molar-refractivity contribution in [2.45, 2.75) is 11.8 Å². The van der Waals surface area contributed by atoms with Gasteiger partial charge >= 0.3 is 0 Å². The molecular weight excluding hydrogens is 298 g/mol. The molecule has 0 saturated carbocycles. The highest BCUT2D eigenvalue weighted by Crippen LogP contribution is 2.33. The maximum Gasteiger partial charge on any atom is 0.264 e. The molecule has 4 nitrogen and oxygen atoms in total. The molecule has 2 unspecified atom stereocenters. The molecule has 2 rings (SSSR count). The predicted molar refractivity (Wildman–Crippen MR) is 84.8 cm³/mol. The molecular formula is C17H17NO3S. The van der Waals surface area contributed by atoms with E-state index >= 15 is 0 Å². The SMILES string of the molecule is CS(=O)(=O)OCC(c1ccccc1)C(C#N)c1ccccc1. The monoisotopic (exact) mass is 315 g/mol. The van der Waals surface area contributed by atoms with Crippen LogP contribution in [0.1, 0.15) is 23.0 Å². The van der Waals surface area contributed by atoms with Gasteiger partial charge in [-0.25, -0.2) is 0 Å². The standard InChI is InChI=1S/C17H17NO3S/c1-22(19,20)21-13-17(15-10-6-3-7-11-15)16(12-18)14-8-4-2-5-9-14/h2-11,16-17H,13H2,1H3. The maximum absolute atomic E-state index is 11.3. The molecule has 2 aromatic rings. The van der Waals surface area contributed by atoms with Gasteiger partial charge in [-0.15, -0.1) is 0 Å². The van der Waals surface area contributed by atoms with Gasteiger partial charge in [-0.2, -0.15) is 13.7 Å². The van der Waals surface area contributed by atoms with Gasteiger partial charge in [0.05, 0.1) is 24.8 Å². The van der Waals surface area contributed by atoms with E-state index in [0.717, 1.165) is 17.4 Å². The van der Waals surface area contributed by atoms with Crippen LogP contribution in [0, 0.1) is 11.3 Å². The average molecular weight is 315 g/mol. The third kappa shape index (κ3) is 4.42. The number of nitriles is 1. The second kappa shape index (κ2) is 7.21. The molecule has 0 aliphatic rings. The van der Waals surface area contributed by atoms with E-state index in [1.807, 2.05) is 60.7 Å². The molecule has 0 N–H and O–H groups in total. The van der Waals surface area contributed by atoms with Gasteiger partial charge in [0.25, 0.3) is 10.1 Å². The van der Waals surface area contributed by atoms with Crippen LogP contribution in [0.3, 0.4) is 0 Å². The fourth-order valence-corrected chi connectivity index (χ4v) is 2.73. The van der Waals surface area contributed by atoms with Crippen molar-refractivity contribution in [1.29, 1.82) is 5.26 Å². The van der Waals surface area contributed by atoms with E-state index in [1.54, 1.807) is 0 Å². The lowest BCUT2D eigenvalue weighted by atomic mass is 9.83. The molecule has 114 valence electrons. The molecule has 0 radical (unpaired) electrons. The van der Waals surface area contributed by atoms with Crippen LogP contribution in [0.4, 0.5) is 0 Å². The van der Waals surface area contributed by atoms with Gasteiger partial charge in [-0.05, 0) is 11.1 Å². The molecule has 0 amide bonds. The van der Waals surface area contributed by atoms with Gasteiger partial charge < -0.3 is 0 Å². The summed E-state index contributed by atoms with van der Waals surface area (Å²) in [5.41, 5.74) is 1.72. The molecule has 0 heterocycles. The average Bonchev–Trinajstić information content (AvgIpc) is 2.52. The van der Waals surface area contributed by atoms with Crippen molar-refractivity contribution in [1.82, 2.24) is 0 Å². The van der Waals surface area contributed by atoms with Crippen LogP contribution < -0.4 is 0 Å². The molecule has 2 aromatic carbocycles. The van der Waals surface area contributed by atoms with Crippen molar-refractivity contribution in [3.63, 3.8) is 0 Å². The highest BCUT2D eigenvalue weighted by molar-refractivity contribution is 7.85. The normalized spacial score (nSPS) is 14.0. The highest BCUT2D eigenvalue weighted by Gasteiger charge is 2.26. The molecule has 0 fully saturated rings. The molecule has 0 bridgehead atoms. The summed E-state index contributed by atoms with van der Waals surface area (Å²) in [6.45, 7) is -0.0596. The fraction of sp³-hybridized carbons (Fsp3) is 0.235. The molecule has 0 aromatic heterocycles. The second-order valence-corrected chi connectivity index (χ2v) is 6.67.